The standard InChI is InChI=1S/C14H14ClNOS/c15-11-7-4-8-12(16)14(11)18-9-13(17)10-5-2-1-3-6-10/h1-8,13,17H,9,16H2. The maximum atomic E-state index is 10.1. The van der Waals surface area contributed by atoms with E-state index >= 15 is 0 Å². The smallest absolute Gasteiger partial charge is 0.0883 e. The summed E-state index contributed by atoms with van der Waals surface area (Å²) >= 11 is 7.55. The molecule has 0 aromatic heterocycles. The minimum absolute atomic E-state index is 0.521. The molecule has 0 heterocycles. The van der Waals surface area contributed by atoms with Gasteiger partial charge in [-0.2, -0.15) is 0 Å². The molecule has 2 aromatic carbocycles. The summed E-state index contributed by atoms with van der Waals surface area (Å²) in [6, 6.07) is 15.0. The Balaban J connectivity index is 2.04. The van der Waals surface area contributed by atoms with Crippen LogP contribution in [0, 0.1) is 0 Å². The van der Waals surface area contributed by atoms with Crippen LogP contribution >= 0.6 is 23.4 Å². The van der Waals surface area contributed by atoms with E-state index in [1.165, 1.54) is 11.8 Å². The fraction of sp³-hybridized carbons (Fsp3) is 0.143. The quantitative estimate of drug-likeness (QED) is 0.662. The van der Waals surface area contributed by atoms with E-state index in [1.54, 1.807) is 6.07 Å². The minimum atomic E-state index is -0.521. The van der Waals surface area contributed by atoms with Crippen LogP contribution in [0.3, 0.4) is 0 Å². The van der Waals surface area contributed by atoms with E-state index in [2.05, 4.69) is 0 Å². The molecule has 2 rings (SSSR count). The van der Waals surface area contributed by atoms with Gasteiger partial charge in [0.25, 0.3) is 0 Å². The van der Waals surface area contributed by atoms with Crippen molar-refractivity contribution in [1.29, 1.82) is 0 Å². The Morgan fingerprint density at radius 2 is 1.83 bits per heavy atom. The molecule has 1 unspecified atom stereocenters. The first-order valence-electron chi connectivity index (χ1n) is 5.58. The van der Waals surface area contributed by atoms with Crippen LogP contribution in [0.1, 0.15) is 11.7 Å². The molecule has 0 amide bonds. The van der Waals surface area contributed by atoms with Gasteiger partial charge in [0.05, 0.1) is 11.1 Å². The molecule has 1 atom stereocenters. The average molecular weight is 280 g/mol. The number of hydrogen-bond donors (Lipinski definition) is 2. The second kappa shape index (κ2) is 6.14. The number of anilines is 1. The summed E-state index contributed by atoms with van der Waals surface area (Å²) in [4.78, 5) is 0.828. The number of benzene rings is 2. The molecule has 18 heavy (non-hydrogen) atoms. The van der Waals surface area contributed by atoms with E-state index < -0.39 is 6.10 Å². The molecule has 0 saturated heterocycles. The normalized spacial score (nSPS) is 12.3. The van der Waals surface area contributed by atoms with Crippen LogP contribution in [0.5, 0.6) is 0 Å². The molecule has 3 N–H and O–H groups in total. The Morgan fingerprint density at radius 3 is 2.50 bits per heavy atom. The van der Waals surface area contributed by atoms with E-state index in [-0.39, 0.29) is 0 Å². The topological polar surface area (TPSA) is 46.2 Å². The largest absolute Gasteiger partial charge is 0.398 e. The lowest BCUT2D eigenvalue weighted by molar-refractivity contribution is 0.204. The molecule has 2 nitrogen and oxygen atoms in total. The number of nitrogens with two attached hydrogens (primary N) is 1. The molecule has 4 heteroatoms. The van der Waals surface area contributed by atoms with E-state index in [1.807, 2.05) is 42.5 Å². The lowest BCUT2D eigenvalue weighted by atomic mass is 10.1. The molecule has 0 spiro atoms. The average Bonchev–Trinajstić information content (AvgIpc) is 2.39. The highest BCUT2D eigenvalue weighted by molar-refractivity contribution is 7.99. The lowest BCUT2D eigenvalue weighted by Gasteiger charge is -2.12. The van der Waals surface area contributed by atoms with Gasteiger partial charge >= 0.3 is 0 Å². The molecule has 0 radical (unpaired) electrons. The van der Waals surface area contributed by atoms with E-state index in [0.29, 0.717) is 16.5 Å². The van der Waals surface area contributed by atoms with Crippen LogP contribution in [0.2, 0.25) is 5.02 Å². The van der Waals surface area contributed by atoms with E-state index in [4.69, 9.17) is 17.3 Å². The number of nitrogen functional groups attached to an aromatic ring is 1. The summed E-state index contributed by atoms with van der Waals surface area (Å²) < 4.78 is 0. The summed E-state index contributed by atoms with van der Waals surface area (Å²) in [7, 11) is 0. The van der Waals surface area contributed by atoms with Gasteiger partial charge in [-0.05, 0) is 17.7 Å². The number of aliphatic hydroxyl groups excluding tert-OH is 1. The van der Waals surface area contributed by atoms with Crippen LogP contribution in [0.25, 0.3) is 0 Å². The predicted octanol–water partition coefficient (Wildman–Crippen LogP) is 3.75. The highest BCUT2D eigenvalue weighted by Crippen LogP contribution is 2.34. The fourth-order valence-electron chi connectivity index (χ4n) is 1.61. The van der Waals surface area contributed by atoms with Gasteiger partial charge in [-0.15, -0.1) is 11.8 Å². The molecular formula is C14H14ClNOS. The highest BCUT2D eigenvalue weighted by Gasteiger charge is 2.11. The van der Waals surface area contributed by atoms with Crippen LogP contribution in [-0.4, -0.2) is 10.9 Å². The SMILES string of the molecule is Nc1cccc(Cl)c1SCC(O)c1ccccc1. The molecule has 0 fully saturated rings. The molecule has 0 aliphatic carbocycles. The zero-order chi connectivity index (χ0) is 13.0. The Hall–Kier alpha value is -1.16. The van der Waals surface area contributed by atoms with Crippen LogP contribution in [0.4, 0.5) is 5.69 Å². The van der Waals surface area contributed by atoms with Crippen LogP contribution in [0.15, 0.2) is 53.4 Å². The molecular weight excluding hydrogens is 266 g/mol. The van der Waals surface area contributed by atoms with Crippen LogP contribution < -0.4 is 5.73 Å². The van der Waals surface area contributed by atoms with Gasteiger partial charge < -0.3 is 10.8 Å². The van der Waals surface area contributed by atoms with Gasteiger partial charge in [0, 0.05) is 16.3 Å². The Morgan fingerprint density at radius 1 is 1.11 bits per heavy atom. The maximum absolute atomic E-state index is 10.1. The lowest BCUT2D eigenvalue weighted by Crippen LogP contribution is -2.01. The van der Waals surface area contributed by atoms with E-state index in [0.717, 1.165) is 10.5 Å². The highest BCUT2D eigenvalue weighted by atomic mass is 35.5. The first-order chi connectivity index (χ1) is 8.68. The molecule has 0 bridgehead atoms. The van der Waals surface area contributed by atoms with Crippen molar-refractivity contribution in [3.63, 3.8) is 0 Å². The summed E-state index contributed by atoms with van der Waals surface area (Å²) in [6.07, 6.45) is -0.521. The second-order valence-corrected chi connectivity index (χ2v) is 5.33. The summed E-state index contributed by atoms with van der Waals surface area (Å²) in [5.74, 6) is 0.526. The van der Waals surface area contributed by atoms with Gasteiger partial charge in [0.1, 0.15) is 0 Å². The van der Waals surface area contributed by atoms with E-state index in [9.17, 15) is 5.11 Å². The molecule has 0 saturated carbocycles. The van der Waals surface area contributed by atoms with Crippen molar-refractivity contribution >= 4 is 29.1 Å². The second-order valence-electron chi connectivity index (χ2n) is 3.90. The zero-order valence-electron chi connectivity index (χ0n) is 9.71. The third-order valence-corrected chi connectivity index (χ3v) is 4.22. The van der Waals surface area contributed by atoms with Crippen LogP contribution in [-0.2, 0) is 0 Å². The van der Waals surface area contributed by atoms with Gasteiger partial charge in [0.15, 0.2) is 0 Å². The maximum Gasteiger partial charge on any atom is 0.0883 e. The molecule has 0 aliphatic heterocycles. The summed E-state index contributed by atoms with van der Waals surface area (Å²) in [5, 5.41) is 10.7. The zero-order valence-corrected chi connectivity index (χ0v) is 11.3. The first kappa shape index (κ1) is 13.3. The molecule has 0 aliphatic rings. The number of thioether (sulfide) groups is 1. The van der Waals surface area contributed by atoms with Crippen molar-refractivity contribution in [1.82, 2.24) is 0 Å². The first-order valence-corrected chi connectivity index (χ1v) is 6.94. The van der Waals surface area contributed by atoms with Crippen molar-refractivity contribution in [3.8, 4) is 0 Å². The molecule has 2 aromatic rings. The summed E-state index contributed by atoms with van der Waals surface area (Å²) in [5.41, 5.74) is 7.40. The van der Waals surface area contributed by atoms with Gasteiger partial charge in [0.2, 0.25) is 0 Å². The van der Waals surface area contributed by atoms with Crippen molar-refractivity contribution in [3.05, 3.63) is 59.1 Å². The molecule has 94 valence electrons. The third-order valence-electron chi connectivity index (χ3n) is 2.57. The number of aliphatic hydroxyl groups is 1. The Labute approximate surface area is 116 Å². The van der Waals surface area contributed by atoms with Crippen molar-refractivity contribution < 1.29 is 5.11 Å². The predicted molar refractivity (Wildman–Crippen MR) is 78.0 cm³/mol. The Bertz CT molecular complexity index is 498. The Kier molecular flexibility index (Phi) is 4.53. The monoisotopic (exact) mass is 279 g/mol. The number of hydrogen-bond acceptors (Lipinski definition) is 3. The number of rotatable bonds is 4. The van der Waals surface area contributed by atoms with Crippen molar-refractivity contribution in [2.24, 2.45) is 0 Å². The van der Waals surface area contributed by atoms with Crippen molar-refractivity contribution in [2.75, 3.05) is 11.5 Å². The van der Waals surface area contributed by atoms with Gasteiger partial charge in [-0.25, -0.2) is 0 Å². The fourth-order valence-corrected chi connectivity index (χ4v) is 2.91. The minimum Gasteiger partial charge on any atom is -0.398 e. The van der Waals surface area contributed by atoms with Crippen molar-refractivity contribution in [2.45, 2.75) is 11.0 Å². The third kappa shape index (κ3) is 3.19. The summed E-state index contributed by atoms with van der Waals surface area (Å²) in [6.45, 7) is 0. The van der Waals surface area contributed by atoms with Gasteiger partial charge in [-0.1, -0.05) is 48.0 Å². The number of halogens is 1. The van der Waals surface area contributed by atoms with Gasteiger partial charge in [-0.3, -0.25) is 0 Å².